The topological polar surface area (TPSA) is 61.4 Å². The van der Waals surface area contributed by atoms with Gasteiger partial charge < -0.3 is 15.5 Å². The molecule has 0 aliphatic heterocycles. The Labute approximate surface area is 111 Å². The Morgan fingerprint density at radius 2 is 1.68 bits per heavy atom. The fourth-order valence-corrected chi connectivity index (χ4v) is 1.34. The number of hydrogen-bond acceptors (Lipinski definition) is 3. The number of benzene rings is 1. The zero-order chi connectivity index (χ0) is 14.3. The summed E-state index contributed by atoms with van der Waals surface area (Å²) in [4.78, 5) is 24.7. The highest BCUT2D eigenvalue weighted by molar-refractivity contribution is 6.35. The molecule has 0 aromatic heterocycles. The maximum absolute atomic E-state index is 12.7. The normalized spacial score (nSPS) is 10.3. The van der Waals surface area contributed by atoms with Crippen molar-refractivity contribution in [1.29, 1.82) is 0 Å². The minimum absolute atomic E-state index is 0.195. The Bertz CT molecular complexity index is 432. The molecule has 0 spiro atoms. The third-order valence-corrected chi connectivity index (χ3v) is 2.42. The molecular formula is C13H18FN3O2. The molecule has 6 heteroatoms. The largest absolute Gasteiger partial charge is 0.347 e. The minimum Gasteiger partial charge on any atom is -0.347 e. The van der Waals surface area contributed by atoms with Crippen LogP contribution in [0, 0.1) is 5.82 Å². The van der Waals surface area contributed by atoms with Crippen LogP contribution in [0.15, 0.2) is 24.3 Å². The predicted molar refractivity (Wildman–Crippen MR) is 69.8 cm³/mol. The molecule has 1 rings (SSSR count). The van der Waals surface area contributed by atoms with Gasteiger partial charge in [-0.1, -0.05) is 12.1 Å². The lowest BCUT2D eigenvalue weighted by Gasteiger charge is -2.10. The van der Waals surface area contributed by atoms with E-state index in [1.54, 1.807) is 12.1 Å². The van der Waals surface area contributed by atoms with E-state index in [-0.39, 0.29) is 12.4 Å². The summed E-state index contributed by atoms with van der Waals surface area (Å²) in [5.74, 6) is -1.69. The standard InChI is InChI=1S/C13H18FN3O2/c1-17(2)8-7-15-12(18)13(19)16-9-10-3-5-11(14)6-4-10/h3-6H,7-9H2,1-2H3,(H,15,18)(H,16,19). The Hall–Kier alpha value is -1.95. The van der Waals surface area contributed by atoms with Crippen molar-refractivity contribution in [3.05, 3.63) is 35.6 Å². The molecule has 0 aliphatic rings. The van der Waals surface area contributed by atoms with Gasteiger partial charge in [0.1, 0.15) is 5.82 Å². The Balaban J connectivity index is 2.30. The van der Waals surface area contributed by atoms with Gasteiger partial charge in [0.25, 0.3) is 0 Å². The summed E-state index contributed by atoms with van der Waals surface area (Å²) in [6, 6.07) is 5.72. The first-order valence-corrected chi connectivity index (χ1v) is 5.94. The summed E-state index contributed by atoms with van der Waals surface area (Å²) in [6.07, 6.45) is 0. The van der Waals surface area contributed by atoms with Crippen molar-refractivity contribution in [3.8, 4) is 0 Å². The molecule has 0 bridgehead atoms. The second-order valence-corrected chi connectivity index (χ2v) is 4.37. The third kappa shape index (κ3) is 5.96. The molecule has 2 N–H and O–H groups in total. The van der Waals surface area contributed by atoms with Crippen molar-refractivity contribution in [1.82, 2.24) is 15.5 Å². The molecule has 0 saturated heterocycles. The number of nitrogens with one attached hydrogen (secondary N) is 2. The third-order valence-electron chi connectivity index (χ3n) is 2.42. The smallest absolute Gasteiger partial charge is 0.309 e. The molecule has 104 valence electrons. The summed E-state index contributed by atoms with van der Waals surface area (Å²) in [7, 11) is 3.75. The van der Waals surface area contributed by atoms with E-state index < -0.39 is 11.8 Å². The van der Waals surface area contributed by atoms with Crippen LogP contribution >= 0.6 is 0 Å². The van der Waals surface area contributed by atoms with Gasteiger partial charge in [-0.25, -0.2) is 4.39 Å². The van der Waals surface area contributed by atoms with Crippen LogP contribution < -0.4 is 10.6 Å². The van der Waals surface area contributed by atoms with Gasteiger partial charge in [-0.3, -0.25) is 9.59 Å². The number of carbonyl (C=O) groups excluding carboxylic acids is 2. The average Bonchev–Trinajstić information content (AvgIpc) is 2.37. The molecule has 0 fully saturated rings. The highest BCUT2D eigenvalue weighted by atomic mass is 19.1. The summed E-state index contributed by atoms with van der Waals surface area (Å²) in [6.45, 7) is 1.27. The summed E-state index contributed by atoms with van der Waals surface area (Å²) in [5, 5.41) is 4.98. The maximum atomic E-state index is 12.7. The summed E-state index contributed by atoms with van der Waals surface area (Å²) in [5.41, 5.74) is 0.732. The number of hydrogen-bond donors (Lipinski definition) is 2. The van der Waals surface area contributed by atoms with Gasteiger partial charge in [-0.2, -0.15) is 0 Å². The van der Waals surface area contributed by atoms with E-state index in [1.807, 2.05) is 19.0 Å². The van der Waals surface area contributed by atoms with Crippen LogP contribution in [0.4, 0.5) is 4.39 Å². The maximum Gasteiger partial charge on any atom is 0.309 e. The fraction of sp³-hybridized carbons (Fsp3) is 0.385. The number of carbonyl (C=O) groups is 2. The molecule has 19 heavy (non-hydrogen) atoms. The van der Waals surface area contributed by atoms with E-state index in [0.717, 1.165) is 5.56 Å². The van der Waals surface area contributed by atoms with Crippen LogP contribution in [-0.2, 0) is 16.1 Å². The van der Waals surface area contributed by atoms with Gasteiger partial charge in [0.2, 0.25) is 0 Å². The predicted octanol–water partition coefficient (Wildman–Crippen LogP) is 0.120. The van der Waals surface area contributed by atoms with Crippen molar-refractivity contribution in [3.63, 3.8) is 0 Å². The summed E-state index contributed by atoms with van der Waals surface area (Å²) >= 11 is 0. The van der Waals surface area contributed by atoms with Crippen LogP contribution in [0.2, 0.25) is 0 Å². The second kappa shape index (κ2) is 7.48. The van der Waals surface area contributed by atoms with Gasteiger partial charge in [-0.15, -0.1) is 0 Å². The molecule has 0 atom stereocenters. The highest BCUT2D eigenvalue weighted by Crippen LogP contribution is 2.01. The van der Waals surface area contributed by atoms with Crippen LogP contribution in [-0.4, -0.2) is 43.9 Å². The molecule has 5 nitrogen and oxygen atoms in total. The lowest BCUT2D eigenvalue weighted by Crippen LogP contribution is -2.41. The first kappa shape index (κ1) is 15.1. The average molecular weight is 267 g/mol. The number of likely N-dealkylation sites (N-methyl/N-ethyl adjacent to an activating group) is 1. The molecular weight excluding hydrogens is 249 g/mol. The molecule has 1 aromatic rings. The van der Waals surface area contributed by atoms with Gasteiger partial charge >= 0.3 is 11.8 Å². The van der Waals surface area contributed by atoms with E-state index in [2.05, 4.69) is 10.6 Å². The van der Waals surface area contributed by atoms with Gasteiger partial charge in [0, 0.05) is 19.6 Å². The van der Waals surface area contributed by atoms with Crippen molar-refractivity contribution in [2.75, 3.05) is 27.2 Å². The minimum atomic E-state index is -0.692. The first-order chi connectivity index (χ1) is 8.99. The number of halogens is 1. The van der Waals surface area contributed by atoms with E-state index >= 15 is 0 Å². The lowest BCUT2D eigenvalue weighted by molar-refractivity contribution is -0.139. The molecule has 0 saturated carbocycles. The van der Waals surface area contributed by atoms with Crippen molar-refractivity contribution in [2.24, 2.45) is 0 Å². The Morgan fingerprint density at radius 1 is 1.11 bits per heavy atom. The molecule has 1 aromatic carbocycles. The molecule has 0 unspecified atom stereocenters. The van der Waals surface area contributed by atoms with Gasteiger partial charge in [0.05, 0.1) is 0 Å². The molecule has 2 amide bonds. The summed E-state index contributed by atoms with van der Waals surface area (Å²) < 4.78 is 12.7. The van der Waals surface area contributed by atoms with Crippen LogP contribution in [0.5, 0.6) is 0 Å². The van der Waals surface area contributed by atoms with Crippen molar-refractivity contribution < 1.29 is 14.0 Å². The first-order valence-electron chi connectivity index (χ1n) is 5.94. The van der Waals surface area contributed by atoms with Gasteiger partial charge in [0.15, 0.2) is 0 Å². The van der Waals surface area contributed by atoms with Crippen LogP contribution in [0.25, 0.3) is 0 Å². The van der Waals surface area contributed by atoms with Crippen LogP contribution in [0.1, 0.15) is 5.56 Å². The lowest BCUT2D eigenvalue weighted by atomic mass is 10.2. The van der Waals surface area contributed by atoms with E-state index in [0.29, 0.717) is 13.1 Å². The van der Waals surface area contributed by atoms with Crippen LogP contribution in [0.3, 0.4) is 0 Å². The Kier molecular flexibility index (Phi) is 5.95. The van der Waals surface area contributed by atoms with Gasteiger partial charge in [-0.05, 0) is 31.8 Å². The quantitative estimate of drug-likeness (QED) is 0.745. The number of amides is 2. The zero-order valence-electron chi connectivity index (χ0n) is 11.1. The number of rotatable bonds is 5. The second-order valence-electron chi connectivity index (χ2n) is 4.37. The van der Waals surface area contributed by atoms with Crippen molar-refractivity contribution >= 4 is 11.8 Å². The van der Waals surface area contributed by atoms with Crippen molar-refractivity contribution in [2.45, 2.75) is 6.54 Å². The highest BCUT2D eigenvalue weighted by Gasteiger charge is 2.12. The monoisotopic (exact) mass is 267 g/mol. The van der Waals surface area contributed by atoms with E-state index in [9.17, 15) is 14.0 Å². The Morgan fingerprint density at radius 3 is 2.26 bits per heavy atom. The van der Waals surface area contributed by atoms with E-state index in [1.165, 1.54) is 12.1 Å². The molecule has 0 radical (unpaired) electrons. The molecule has 0 aliphatic carbocycles. The zero-order valence-corrected chi connectivity index (χ0v) is 11.1. The molecule has 0 heterocycles. The fourth-order valence-electron chi connectivity index (χ4n) is 1.34. The number of nitrogens with zero attached hydrogens (tertiary/aromatic N) is 1. The SMILES string of the molecule is CN(C)CCNC(=O)C(=O)NCc1ccc(F)cc1. The van der Waals surface area contributed by atoms with E-state index in [4.69, 9.17) is 0 Å².